The highest BCUT2D eigenvalue weighted by Crippen LogP contribution is 2.47. The number of fused-ring (bicyclic) bond motifs is 4. The fourth-order valence-electron chi connectivity index (χ4n) is 3.86. The molecule has 0 bridgehead atoms. The normalized spacial score (nSPS) is 17.9. The number of alkyl halides is 3. The number of rotatable bonds is 2. The van der Waals surface area contributed by atoms with Gasteiger partial charge in [-0.3, -0.25) is 4.79 Å². The van der Waals surface area contributed by atoms with E-state index < -0.39 is 17.5 Å². The average molecular weight is 397 g/mol. The van der Waals surface area contributed by atoms with Crippen molar-refractivity contribution in [2.45, 2.75) is 24.6 Å². The maximum atomic E-state index is 13.0. The van der Waals surface area contributed by atoms with Crippen LogP contribution in [0.15, 0.2) is 42.6 Å². The van der Waals surface area contributed by atoms with Crippen LogP contribution in [0.5, 0.6) is 5.75 Å². The summed E-state index contributed by atoms with van der Waals surface area (Å²) in [4.78, 5) is 12.7. The van der Waals surface area contributed by atoms with Gasteiger partial charge in [0, 0.05) is 37.0 Å². The molecule has 2 aromatic rings. The van der Waals surface area contributed by atoms with Crippen molar-refractivity contribution in [1.29, 1.82) is 0 Å². The number of carbonyl (C=O) groups excluding carboxylic acids is 1. The SMILES string of the molecule is C=C(N1CCC2(CC1)Oc1cc(Cl)ccc1-n1c(C=O)ccc12)C(F)(F)F. The number of hydrogen-bond donors (Lipinski definition) is 0. The van der Waals surface area contributed by atoms with Crippen molar-refractivity contribution in [3.05, 3.63) is 59.0 Å². The second-order valence-corrected chi connectivity index (χ2v) is 7.17. The summed E-state index contributed by atoms with van der Waals surface area (Å²) in [6.07, 6.45) is -3.04. The molecule has 142 valence electrons. The van der Waals surface area contributed by atoms with Crippen molar-refractivity contribution in [3.63, 3.8) is 0 Å². The predicted octanol–water partition coefficient (Wildman–Crippen LogP) is 4.70. The number of aromatic nitrogens is 1. The number of benzene rings is 1. The lowest BCUT2D eigenvalue weighted by Gasteiger charge is -2.46. The van der Waals surface area contributed by atoms with Gasteiger partial charge < -0.3 is 14.2 Å². The Hall–Kier alpha value is -2.41. The number of ether oxygens (including phenoxy) is 1. The Bertz CT molecular complexity index is 928. The van der Waals surface area contributed by atoms with Gasteiger partial charge in [0.15, 0.2) is 11.9 Å². The van der Waals surface area contributed by atoms with E-state index in [2.05, 4.69) is 6.58 Å². The molecule has 0 unspecified atom stereocenters. The van der Waals surface area contributed by atoms with Crippen molar-refractivity contribution in [2.75, 3.05) is 13.1 Å². The van der Waals surface area contributed by atoms with Crippen LogP contribution in [0.1, 0.15) is 29.0 Å². The Balaban J connectivity index is 1.73. The summed E-state index contributed by atoms with van der Waals surface area (Å²) in [5.74, 6) is 0.511. The largest absolute Gasteiger partial charge is 0.479 e. The molecule has 1 spiro atoms. The summed E-state index contributed by atoms with van der Waals surface area (Å²) < 4.78 is 47.0. The molecular formula is C19H16ClF3N2O2. The molecule has 0 saturated carbocycles. The molecule has 0 aliphatic carbocycles. The molecule has 1 aromatic carbocycles. The first-order valence-electron chi connectivity index (χ1n) is 8.42. The Kier molecular flexibility index (Phi) is 4.03. The molecule has 4 nitrogen and oxygen atoms in total. The summed E-state index contributed by atoms with van der Waals surface area (Å²) in [6.45, 7) is 3.48. The third-order valence-electron chi connectivity index (χ3n) is 5.25. The minimum Gasteiger partial charge on any atom is -0.479 e. The molecule has 0 radical (unpaired) electrons. The van der Waals surface area contributed by atoms with E-state index in [4.69, 9.17) is 16.3 Å². The second kappa shape index (κ2) is 6.05. The number of carbonyl (C=O) groups is 1. The summed E-state index contributed by atoms with van der Waals surface area (Å²) >= 11 is 6.09. The van der Waals surface area contributed by atoms with Gasteiger partial charge in [0.1, 0.15) is 11.4 Å². The van der Waals surface area contributed by atoms with Gasteiger partial charge in [-0.05, 0) is 24.3 Å². The van der Waals surface area contributed by atoms with Crippen LogP contribution in [-0.2, 0) is 5.60 Å². The smallest absolute Gasteiger partial charge is 0.430 e. The number of aldehydes is 1. The van der Waals surface area contributed by atoms with Gasteiger partial charge in [0.05, 0.1) is 17.1 Å². The third kappa shape index (κ3) is 2.81. The standard InChI is InChI=1S/C19H16ClF3N2O2/c1-12(19(21,22)23)24-8-6-18(7-9-24)17-5-3-14(11-26)25(17)15-4-2-13(20)10-16(15)27-18/h2-5,10-11H,1,6-9H2. The van der Waals surface area contributed by atoms with Crippen molar-refractivity contribution in [3.8, 4) is 11.4 Å². The van der Waals surface area contributed by atoms with Gasteiger partial charge in [-0.2, -0.15) is 13.2 Å². The van der Waals surface area contributed by atoms with E-state index in [1.165, 1.54) is 4.90 Å². The first-order valence-corrected chi connectivity index (χ1v) is 8.80. The lowest BCUT2D eigenvalue weighted by atomic mass is 9.86. The lowest BCUT2D eigenvalue weighted by molar-refractivity contribution is -0.118. The van der Waals surface area contributed by atoms with Crippen LogP contribution in [0.4, 0.5) is 13.2 Å². The summed E-state index contributed by atoms with van der Waals surface area (Å²) in [7, 11) is 0. The van der Waals surface area contributed by atoms with Crippen molar-refractivity contribution in [2.24, 2.45) is 0 Å². The van der Waals surface area contributed by atoms with Crippen LogP contribution in [0.25, 0.3) is 5.69 Å². The Morgan fingerprint density at radius 1 is 1.22 bits per heavy atom. The molecule has 2 aliphatic rings. The van der Waals surface area contributed by atoms with E-state index in [0.717, 1.165) is 12.0 Å². The minimum absolute atomic E-state index is 0.149. The quantitative estimate of drug-likeness (QED) is 0.690. The molecule has 1 fully saturated rings. The monoisotopic (exact) mass is 396 g/mol. The molecular weight excluding hydrogens is 381 g/mol. The van der Waals surface area contributed by atoms with Gasteiger partial charge in [0.25, 0.3) is 0 Å². The van der Waals surface area contributed by atoms with Crippen LogP contribution in [-0.4, -0.2) is 35.0 Å². The molecule has 3 heterocycles. The molecule has 0 atom stereocenters. The molecule has 2 aliphatic heterocycles. The second-order valence-electron chi connectivity index (χ2n) is 6.74. The van der Waals surface area contributed by atoms with E-state index >= 15 is 0 Å². The third-order valence-corrected chi connectivity index (χ3v) is 5.48. The first kappa shape index (κ1) is 18.0. The molecule has 27 heavy (non-hydrogen) atoms. The lowest BCUT2D eigenvalue weighted by Crippen LogP contribution is -2.49. The first-order chi connectivity index (χ1) is 12.7. The zero-order valence-electron chi connectivity index (χ0n) is 14.2. The van der Waals surface area contributed by atoms with Gasteiger partial charge in [-0.1, -0.05) is 18.2 Å². The van der Waals surface area contributed by atoms with Crippen LogP contribution in [0.2, 0.25) is 5.02 Å². The Morgan fingerprint density at radius 2 is 1.93 bits per heavy atom. The highest BCUT2D eigenvalue weighted by molar-refractivity contribution is 6.30. The zero-order chi connectivity index (χ0) is 19.4. The maximum absolute atomic E-state index is 13.0. The number of allylic oxidation sites excluding steroid dienone is 1. The van der Waals surface area contributed by atoms with Gasteiger partial charge in [-0.25, -0.2) is 0 Å². The Labute approximate surface area is 158 Å². The number of hydrogen-bond acceptors (Lipinski definition) is 3. The molecule has 4 rings (SSSR count). The molecule has 1 saturated heterocycles. The summed E-state index contributed by atoms with van der Waals surface area (Å²) in [5, 5.41) is 0.482. The van der Waals surface area contributed by atoms with Crippen molar-refractivity contribution >= 4 is 17.9 Å². The Morgan fingerprint density at radius 3 is 2.56 bits per heavy atom. The van der Waals surface area contributed by atoms with Crippen LogP contribution >= 0.6 is 11.6 Å². The van der Waals surface area contributed by atoms with E-state index in [1.807, 2.05) is 0 Å². The van der Waals surface area contributed by atoms with Gasteiger partial charge in [0.2, 0.25) is 0 Å². The van der Waals surface area contributed by atoms with Crippen LogP contribution in [0.3, 0.4) is 0 Å². The van der Waals surface area contributed by atoms with Gasteiger partial charge in [-0.15, -0.1) is 0 Å². The molecule has 0 amide bonds. The fraction of sp³-hybridized carbons (Fsp3) is 0.316. The zero-order valence-corrected chi connectivity index (χ0v) is 15.0. The number of likely N-dealkylation sites (tertiary alicyclic amines) is 1. The molecule has 8 heteroatoms. The summed E-state index contributed by atoms with van der Waals surface area (Å²) in [6, 6.07) is 8.63. The van der Waals surface area contributed by atoms with Crippen LogP contribution in [0, 0.1) is 0 Å². The summed E-state index contributed by atoms with van der Waals surface area (Å²) in [5.41, 5.74) is 0.242. The number of piperidine rings is 1. The number of nitrogens with zero attached hydrogens (tertiary/aromatic N) is 2. The van der Waals surface area contributed by atoms with E-state index in [0.29, 0.717) is 35.0 Å². The fourth-order valence-corrected chi connectivity index (χ4v) is 4.02. The predicted molar refractivity (Wildman–Crippen MR) is 94.5 cm³/mol. The minimum atomic E-state index is -4.46. The molecule has 1 aromatic heterocycles. The number of halogens is 4. The maximum Gasteiger partial charge on any atom is 0.430 e. The van der Waals surface area contributed by atoms with Gasteiger partial charge >= 0.3 is 6.18 Å². The van der Waals surface area contributed by atoms with Crippen molar-refractivity contribution < 1.29 is 22.7 Å². The van der Waals surface area contributed by atoms with E-state index in [-0.39, 0.29) is 13.1 Å². The van der Waals surface area contributed by atoms with Crippen molar-refractivity contribution in [1.82, 2.24) is 9.47 Å². The molecule has 0 N–H and O–H groups in total. The van der Waals surface area contributed by atoms with E-state index in [1.54, 1.807) is 34.9 Å². The van der Waals surface area contributed by atoms with E-state index in [9.17, 15) is 18.0 Å². The average Bonchev–Trinajstić information content (AvgIpc) is 3.06. The highest BCUT2D eigenvalue weighted by Gasteiger charge is 2.47. The highest BCUT2D eigenvalue weighted by atomic mass is 35.5. The van der Waals surface area contributed by atoms with Crippen LogP contribution < -0.4 is 4.74 Å². The topological polar surface area (TPSA) is 34.5 Å².